The van der Waals surface area contributed by atoms with Crippen LogP contribution >= 0.6 is 0 Å². The van der Waals surface area contributed by atoms with Crippen LogP contribution in [-0.2, 0) is 4.74 Å². The summed E-state index contributed by atoms with van der Waals surface area (Å²) in [6, 6.07) is 4.28. The smallest absolute Gasteiger partial charge is 0.335 e. The second-order valence-electron chi connectivity index (χ2n) is 6.68. The van der Waals surface area contributed by atoms with Gasteiger partial charge in [0, 0.05) is 5.56 Å². The molecular weight excluding hydrogens is 310 g/mol. The van der Waals surface area contributed by atoms with Gasteiger partial charge in [0.05, 0.1) is 30.9 Å². The quantitative estimate of drug-likeness (QED) is 0.885. The third-order valence-electron chi connectivity index (χ3n) is 4.96. The fraction of sp³-hybridized carbons (Fsp3) is 0.556. The predicted octanol–water partition coefficient (Wildman–Crippen LogP) is 2.62. The Morgan fingerprint density at radius 3 is 2.58 bits per heavy atom. The van der Waals surface area contributed by atoms with Crippen molar-refractivity contribution in [3.05, 3.63) is 29.3 Å². The van der Waals surface area contributed by atoms with Crippen LogP contribution in [0.1, 0.15) is 59.2 Å². The van der Waals surface area contributed by atoms with Gasteiger partial charge in [-0.25, -0.2) is 4.79 Å². The number of methoxy groups -OCH3 is 1. The molecule has 6 heteroatoms. The molecule has 0 aromatic heterocycles. The Bertz CT molecular complexity index is 636. The van der Waals surface area contributed by atoms with E-state index in [4.69, 9.17) is 14.6 Å². The van der Waals surface area contributed by atoms with E-state index in [0.29, 0.717) is 12.4 Å². The third kappa shape index (κ3) is 3.53. The number of aromatic carboxylic acids is 1. The second-order valence-corrected chi connectivity index (χ2v) is 6.68. The van der Waals surface area contributed by atoms with Crippen molar-refractivity contribution in [2.45, 2.75) is 50.2 Å². The number of ether oxygens (including phenoxy) is 2. The number of carboxylic acid groups (broad SMARTS) is 1. The Morgan fingerprint density at radius 1 is 1.21 bits per heavy atom. The largest absolute Gasteiger partial charge is 0.497 e. The Labute approximate surface area is 141 Å². The van der Waals surface area contributed by atoms with Gasteiger partial charge in [0.1, 0.15) is 5.75 Å². The Hall–Kier alpha value is -2.08. The van der Waals surface area contributed by atoms with Crippen molar-refractivity contribution < 1.29 is 24.2 Å². The lowest BCUT2D eigenvalue weighted by atomic mass is 9.82. The molecule has 1 aromatic carbocycles. The van der Waals surface area contributed by atoms with Crippen LogP contribution in [-0.4, -0.2) is 42.3 Å². The lowest BCUT2D eigenvalue weighted by molar-refractivity contribution is -0.0246. The highest BCUT2D eigenvalue weighted by molar-refractivity contribution is 5.98. The molecule has 0 unspecified atom stereocenters. The number of hydrogen-bond acceptors (Lipinski definition) is 4. The molecule has 2 aliphatic rings. The van der Waals surface area contributed by atoms with Gasteiger partial charge in [-0.3, -0.25) is 4.79 Å². The molecule has 2 fully saturated rings. The van der Waals surface area contributed by atoms with Gasteiger partial charge in [-0.2, -0.15) is 0 Å². The molecule has 1 aromatic rings. The van der Waals surface area contributed by atoms with Crippen molar-refractivity contribution in [3.63, 3.8) is 0 Å². The van der Waals surface area contributed by atoms with Gasteiger partial charge in [0.25, 0.3) is 5.91 Å². The molecule has 2 N–H and O–H groups in total. The second kappa shape index (κ2) is 6.81. The molecule has 1 atom stereocenters. The first-order chi connectivity index (χ1) is 11.5. The molecule has 3 rings (SSSR count). The minimum atomic E-state index is -1.09. The Morgan fingerprint density at radius 2 is 1.92 bits per heavy atom. The molecule has 1 aliphatic heterocycles. The zero-order valence-corrected chi connectivity index (χ0v) is 13.8. The summed E-state index contributed by atoms with van der Waals surface area (Å²) in [6.45, 7) is 0.515. The summed E-state index contributed by atoms with van der Waals surface area (Å²) in [5.41, 5.74) is 0.249. The highest BCUT2D eigenvalue weighted by atomic mass is 16.5. The van der Waals surface area contributed by atoms with E-state index in [0.717, 1.165) is 19.3 Å². The number of hydrogen-bond donors (Lipinski definition) is 2. The molecule has 24 heavy (non-hydrogen) atoms. The summed E-state index contributed by atoms with van der Waals surface area (Å²) in [7, 11) is 1.44. The van der Waals surface area contributed by atoms with Gasteiger partial charge in [0.2, 0.25) is 0 Å². The minimum Gasteiger partial charge on any atom is -0.497 e. The van der Waals surface area contributed by atoms with E-state index >= 15 is 0 Å². The lowest BCUT2D eigenvalue weighted by Crippen LogP contribution is -2.37. The predicted molar refractivity (Wildman–Crippen MR) is 87.6 cm³/mol. The molecule has 130 valence electrons. The van der Waals surface area contributed by atoms with Gasteiger partial charge in [-0.15, -0.1) is 0 Å². The van der Waals surface area contributed by atoms with Gasteiger partial charge < -0.3 is 19.9 Å². The van der Waals surface area contributed by atoms with Crippen molar-refractivity contribution >= 4 is 11.9 Å². The van der Waals surface area contributed by atoms with Crippen LogP contribution < -0.4 is 10.1 Å². The van der Waals surface area contributed by atoms with Crippen molar-refractivity contribution in [2.75, 3.05) is 13.7 Å². The van der Waals surface area contributed by atoms with Crippen molar-refractivity contribution in [3.8, 4) is 5.75 Å². The average molecular weight is 333 g/mol. The summed E-state index contributed by atoms with van der Waals surface area (Å²) in [6.07, 6.45) is 6.55. The lowest BCUT2D eigenvalue weighted by Gasteiger charge is -2.32. The standard InChI is InChI=1S/C18H23NO5/c1-23-15-8-12(7-13(9-15)17(21)22)16(20)19-14-10-18(24-11-14)5-3-2-4-6-18/h7-9,14H,2-6,10-11H2,1H3,(H,19,20)(H,21,22)/t14-/m0/s1. The number of carboxylic acids is 1. The molecule has 0 radical (unpaired) electrons. The summed E-state index contributed by atoms with van der Waals surface area (Å²) in [5, 5.41) is 12.1. The number of carbonyl (C=O) groups excluding carboxylic acids is 1. The fourth-order valence-electron chi connectivity index (χ4n) is 3.72. The molecule has 0 bridgehead atoms. The van der Waals surface area contributed by atoms with Crippen molar-refractivity contribution in [2.24, 2.45) is 0 Å². The maximum Gasteiger partial charge on any atom is 0.335 e. The molecular formula is C18H23NO5. The zero-order valence-electron chi connectivity index (χ0n) is 13.8. The normalized spacial score (nSPS) is 22.3. The fourth-order valence-corrected chi connectivity index (χ4v) is 3.72. The van der Waals surface area contributed by atoms with E-state index in [9.17, 15) is 9.59 Å². The Balaban J connectivity index is 1.69. The first-order valence-electron chi connectivity index (χ1n) is 8.38. The van der Waals surface area contributed by atoms with Crippen LogP contribution in [0.25, 0.3) is 0 Å². The van der Waals surface area contributed by atoms with Crippen LogP contribution in [0.4, 0.5) is 0 Å². The highest BCUT2D eigenvalue weighted by Gasteiger charge is 2.41. The monoisotopic (exact) mass is 333 g/mol. The molecule has 1 aliphatic carbocycles. The number of rotatable bonds is 4. The van der Waals surface area contributed by atoms with Crippen LogP contribution in [0.2, 0.25) is 0 Å². The number of amides is 1. The Kier molecular flexibility index (Phi) is 4.76. The minimum absolute atomic E-state index is 0.0323. The van der Waals surface area contributed by atoms with Crippen LogP contribution in [0.5, 0.6) is 5.75 Å². The maximum absolute atomic E-state index is 12.5. The SMILES string of the molecule is COc1cc(C(=O)O)cc(C(=O)N[C@@H]2COC3(CCCCC3)C2)c1. The van der Waals surface area contributed by atoms with Crippen LogP contribution in [0.15, 0.2) is 18.2 Å². The molecule has 1 spiro atoms. The van der Waals surface area contributed by atoms with Gasteiger partial charge in [-0.05, 0) is 37.5 Å². The molecule has 1 saturated carbocycles. The molecule has 1 amide bonds. The number of nitrogens with one attached hydrogen (secondary N) is 1. The van der Waals surface area contributed by atoms with E-state index in [1.807, 2.05) is 0 Å². The number of carbonyl (C=O) groups is 2. The summed E-state index contributed by atoms with van der Waals surface area (Å²) in [5.74, 6) is -1.03. The number of benzene rings is 1. The van der Waals surface area contributed by atoms with E-state index in [2.05, 4.69) is 5.32 Å². The first kappa shape index (κ1) is 16.8. The van der Waals surface area contributed by atoms with E-state index in [-0.39, 0.29) is 28.7 Å². The van der Waals surface area contributed by atoms with E-state index < -0.39 is 5.97 Å². The van der Waals surface area contributed by atoms with Gasteiger partial charge in [-0.1, -0.05) is 19.3 Å². The average Bonchev–Trinajstić information content (AvgIpc) is 2.96. The summed E-state index contributed by atoms with van der Waals surface area (Å²) in [4.78, 5) is 23.7. The molecule has 1 saturated heterocycles. The third-order valence-corrected chi connectivity index (χ3v) is 4.96. The zero-order chi connectivity index (χ0) is 17.2. The van der Waals surface area contributed by atoms with Crippen molar-refractivity contribution in [1.82, 2.24) is 5.32 Å². The van der Waals surface area contributed by atoms with Crippen LogP contribution in [0.3, 0.4) is 0 Å². The first-order valence-corrected chi connectivity index (χ1v) is 8.38. The van der Waals surface area contributed by atoms with E-state index in [1.165, 1.54) is 38.5 Å². The highest BCUT2D eigenvalue weighted by Crippen LogP contribution is 2.39. The van der Waals surface area contributed by atoms with Gasteiger partial charge in [0.15, 0.2) is 0 Å². The molecule has 6 nitrogen and oxygen atoms in total. The van der Waals surface area contributed by atoms with E-state index in [1.54, 1.807) is 6.07 Å². The van der Waals surface area contributed by atoms with Gasteiger partial charge >= 0.3 is 5.97 Å². The molecule has 1 heterocycles. The van der Waals surface area contributed by atoms with Crippen LogP contribution in [0, 0.1) is 0 Å². The topological polar surface area (TPSA) is 84.9 Å². The summed E-state index contributed by atoms with van der Waals surface area (Å²) < 4.78 is 11.1. The van der Waals surface area contributed by atoms with Crippen molar-refractivity contribution in [1.29, 1.82) is 0 Å². The summed E-state index contributed by atoms with van der Waals surface area (Å²) >= 11 is 0. The maximum atomic E-state index is 12.5.